The standard InChI is InChI=1S/C22H15BrN4O3S/c23-17-12-11-16(31-17)19-26-25-18(30-19)13-27-20(28)22(24-21(27)29,14-7-3-1-4-8-14)15-9-5-2-6-10-15/h1-12H,13H2,(H,24,29). The zero-order valence-corrected chi connectivity index (χ0v) is 18.4. The molecular weight excluding hydrogens is 480 g/mol. The third-order valence-electron chi connectivity index (χ3n) is 5.06. The number of hydrogen-bond donors (Lipinski definition) is 1. The normalized spacial score (nSPS) is 15.3. The number of hydrogen-bond acceptors (Lipinski definition) is 6. The first-order valence-electron chi connectivity index (χ1n) is 9.41. The number of rotatable bonds is 5. The van der Waals surface area contributed by atoms with E-state index in [0.29, 0.717) is 17.0 Å². The number of amides is 3. The summed E-state index contributed by atoms with van der Waals surface area (Å²) in [6.45, 7) is -0.119. The number of aromatic nitrogens is 2. The first-order chi connectivity index (χ1) is 15.1. The van der Waals surface area contributed by atoms with E-state index in [2.05, 4.69) is 31.4 Å². The van der Waals surface area contributed by atoms with E-state index in [1.165, 1.54) is 11.3 Å². The van der Waals surface area contributed by atoms with E-state index in [9.17, 15) is 9.59 Å². The minimum absolute atomic E-state index is 0.119. The molecule has 3 amide bonds. The molecule has 0 atom stereocenters. The molecule has 0 bridgehead atoms. The van der Waals surface area contributed by atoms with Gasteiger partial charge in [0.2, 0.25) is 5.89 Å². The van der Waals surface area contributed by atoms with E-state index in [1.807, 2.05) is 72.8 Å². The molecule has 1 aliphatic heterocycles. The van der Waals surface area contributed by atoms with Crippen molar-refractivity contribution in [3.05, 3.63) is 93.6 Å². The van der Waals surface area contributed by atoms with Gasteiger partial charge in [0.1, 0.15) is 6.54 Å². The summed E-state index contributed by atoms with van der Waals surface area (Å²) in [5, 5.41) is 11.0. The van der Waals surface area contributed by atoms with E-state index >= 15 is 0 Å². The highest BCUT2D eigenvalue weighted by Gasteiger charge is 2.53. The molecule has 0 spiro atoms. The predicted molar refractivity (Wildman–Crippen MR) is 118 cm³/mol. The number of benzene rings is 2. The highest BCUT2D eigenvalue weighted by atomic mass is 79.9. The van der Waals surface area contributed by atoms with Crippen molar-refractivity contribution >= 4 is 39.2 Å². The molecule has 9 heteroatoms. The first kappa shape index (κ1) is 19.7. The molecule has 1 saturated heterocycles. The van der Waals surface area contributed by atoms with Gasteiger partial charge in [-0.1, -0.05) is 60.7 Å². The fraction of sp³-hybridized carbons (Fsp3) is 0.0909. The van der Waals surface area contributed by atoms with Crippen LogP contribution in [0.2, 0.25) is 0 Å². The summed E-state index contributed by atoms with van der Waals surface area (Å²) in [6, 6.07) is 21.6. The Kier molecular flexibility index (Phi) is 4.91. The Morgan fingerprint density at radius 3 is 2.16 bits per heavy atom. The SMILES string of the molecule is O=C1NC(c2ccccc2)(c2ccccc2)C(=O)N1Cc1nnc(-c2ccc(Br)s2)o1. The Bertz CT molecular complexity index is 1220. The number of nitrogens with zero attached hydrogens (tertiary/aromatic N) is 3. The van der Waals surface area contributed by atoms with Crippen molar-refractivity contribution in [3.63, 3.8) is 0 Å². The fourth-order valence-electron chi connectivity index (χ4n) is 3.64. The lowest BCUT2D eigenvalue weighted by molar-refractivity contribution is -0.130. The Hall–Kier alpha value is -3.30. The van der Waals surface area contributed by atoms with Gasteiger partial charge in [-0.2, -0.15) is 0 Å². The third-order valence-corrected chi connectivity index (χ3v) is 6.67. The monoisotopic (exact) mass is 494 g/mol. The zero-order valence-electron chi connectivity index (χ0n) is 16.0. The highest BCUT2D eigenvalue weighted by Crippen LogP contribution is 2.37. The molecule has 1 aliphatic rings. The molecule has 0 saturated carbocycles. The number of halogens is 1. The molecule has 0 aliphatic carbocycles. The molecule has 2 aromatic heterocycles. The van der Waals surface area contributed by atoms with Crippen molar-refractivity contribution in [3.8, 4) is 10.8 Å². The van der Waals surface area contributed by atoms with Crippen LogP contribution in [0, 0.1) is 0 Å². The Balaban J connectivity index is 1.50. The molecule has 1 fully saturated rings. The lowest BCUT2D eigenvalue weighted by atomic mass is 9.82. The Morgan fingerprint density at radius 1 is 0.935 bits per heavy atom. The number of carbonyl (C=O) groups is 2. The second-order valence-electron chi connectivity index (χ2n) is 6.91. The van der Waals surface area contributed by atoms with Gasteiger partial charge in [0.15, 0.2) is 5.54 Å². The van der Waals surface area contributed by atoms with Crippen LogP contribution < -0.4 is 5.32 Å². The van der Waals surface area contributed by atoms with Crippen LogP contribution in [0.15, 0.2) is 81.0 Å². The average Bonchev–Trinajstić information content (AvgIpc) is 3.50. The summed E-state index contributed by atoms with van der Waals surface area (Å²) < 4.78 is 6.65. The average molecular weight is 495 g/mol. The van der Waals surface area contributed by atoms with Gasteiger partial charge in [-0.05, 0) is 39.2 Å². The van der Waals surface area contributed by atoms with Crippen LogP contribution in [0.3, 0.4) is 0 Å². The molecule has 0 unspecified atom stereocenters. The molecular formula is C22H15BrN4O3S. The molecule has 154 valence electrons. The topological polar surface area (TPSA) is 88.3 Å². The second-order valence-corrected chi connectivity index (χ2v) is 9.37. The van der Waals surface area contributed by atoms with Gasteiger partial charge in [0.05, 0.1) is 8.66 Å². The number of imide groups is 1. The van der Waals surface area contributed by atoms with Gasteiger partial charge in [0, 0.05) is 0 Å². The van der Waals surface area contributed by atoms with Gasteiger partial charge in [-0.3, -0.25) is 9.69 Å². The van der Waals surface area contributed by atoms with Crippen LogP contribution in [0.5, 0.6) is 0 Å². The number of urea groups is 1. The Labute approximate surface area is 189 Å². The fourth-order valence-corrected chi connectivity index (χ4v) is 4.94. The minimum atomic E-state index is -1.32. The lowest BCUT2D eigenvalue weighted by Crippen LogP contribution is -2.45. The summed E-state index contributed by atoms with van der Waals surface area (Å²) in [4.78, 5) is 28.5. The summed E-state index contributed by atoms with van der Waals surface area (Å²) in [7, 11) is 0. The van der Waals surface area contributed by atoms with Crippen molar-refractivity contribution in [2.45, 2.75) is 12.1 Å². The number of nitrogens with one attached hydrogen (secondary N) is 1. The molecule has 4 aromatic rings. The molecule has 7 nitrogen and oxygen atoms in total. The van der Waals surface area contributed by atoms with Gasteiger partial charge in [-0.25, -0.2) is 4.79 Å². The summed E-state index contributed by atoms with van der Waals surface area (Å²) >= 11 is 4.86. The van der Waals surface area contributed by atoms with Crippen molar-refractivity contribution in [2.75, 3.05) is 0 Å². The van der Waals surface area contributed by atoms with Crippen LogP contribution in [0.25, 0.3) is 10.8 Å². The summed E-state index contributed by atoms with van der Waals surface area (Å²) in [6.07, 6.45) is 0. The summed E-state index contributed by atoms with van der Waals surface area (Å²) in [5.74, 6) is 0.128. The van der Waals surface area contributed by atoms with E-state index in [1.54, 1.807) is 0 Å². The highest BCUT2D eigenvalue weighted by molar-refractivity contribution is 9.11. The maximum Gasteiger partial charge on any atom is 0.326 e. The van der Waals surface area contributed by atoms with Crippen molar-refractivity contribution in [1.82, 2.24) is 20.4 Å². The van der Waals surface area contributed by atoms with Gasteiger partial charge in [-0.15, -0.1) is 21.5 Å². The molecule has 0 radical (unpaired) electrons. The van der Waals surface area contributed by atoms with Gasteiger partial charge >= 0.3 is 6.03 Å². The van der Waals surface area contributed by atoms with E-state index < -0.39 is 17.5 Å². The molecule has 1 N–H and O–H groups in total. The zero-order chi connectivity index (χ0) is 21.4. The Morgan fingerprint density at radius 2 is 1.58 bits per heavy atom. The van der Waals surface area contributed by atoms with Gasteiger partial charge < -0.3 is 9.73 Å². The van der Waals surface area contributed by atoms with Crippen LogP contribution >= 0.6 is 27.3 Å². The van der Waals surface area contributed by atoms with Gasteiger partial charge in [0.25, 0.3) is 11.8 Å². The predicted octanol–water partition coefficient (Wildman–Crippen LogP) is 4.56. The van der Waals surface area contributed by atoms with E-state index in [4.69, 9.17) is 4.42 Å². The minimum Gasteiger partial charge on any atom is -0.418 e. The quantitative estimate of drug-likeness (QED) is 0.411. The lowest BCUT2D eigenvalue weighted by Gasteiger charge is -2.27. The number of carbonyl (C=O) groups excluding carboxylic acids is 2. The van der Waals surface area contributed by atoms with Crippen LogP contribution in [-0.4, -0.2) is 27.0 Å². The molecule has 31 heavy (non-hydrogen) atoms. The molecule has 2 aromatic carbocycles. The molecule has 5 rings (SSSR count). The maximum absolute atomic E-state index is 13.7. The maximum atomic E-state index is 13.7. The smallest absolute Gasteiger partial charge is 0.326 e. The van der Waals surface area contributed by atoms with Crippen molar-refractivity contribution in [2.24, 2.45) is 0 Å². The van der Waals surface area contributed by atoms with E-state index in [-0.39, 0.29) is 12.4 Å². The van der Waals surface area contributed by atoms with Crippen molar-refractivity contribution < 1.29 is 14.0 Å². The second kappa shape index (κ2) is 7.75. The first-order valence-corrected chi connectivity index (χ1v) is 11.0. The van der Waals surface area contributed by atoms with Crippen LogP contribution in [0.4, 0.5) is 4.79 Å². The number of thiophene rings is 1. The summed E-state index contributed by atoms with van der Waals surface area (Å²) in [5.41, 5.74) is 0.0366. The van der Waals surface area contributed by atoms with Crippen molar-refractivity contribution in [1.29, 1.82) is 0 Å². The largest absolute Gasteiger partial charge is 0.418 e. The molecule has 3 heterocycles. The van der Waals surface area contributed by atoms with Crippen LogP contribution in [0.1, 0.15) is 17.0 Å². The van der Waals surface area contributed by atoms with Crippen LogP contribution in [-0.2, 0) is 16.9 Å². The van der Waals surface area contributed by atoms with E-state index in [0.717, 1.165) is 13.6 Å². The third kappa shape index (κ3) is 3.35.